The van der Waals surface area contributed by atoms with Gasteiger partial charge in [0.15, 0.2) is 11.5 Å². The van der Waals surface area contributed by atoms with Gasteiger partial charge in [-0.25, -0.2) is 8.42 Å². The maximum Gasteiger partial charge on any atom is 0.246 e. The zero-order valence-corrected chi connectivity index (χ0v) is 20.6. The van der Waals surface area contributed by atoms with Crippen molar-refractivity contribution in [1.29, 1.82) is 0 Å². The highest BCUT2D eigenvalue weighted by Crippen LogP contribution is 2.33. The first-order valence-electron chi connectivity index (χ1n) is 11.7. The van der Waals surface area contributed by atoms with Crippen molar-refractivity contribution in [1.82, 2.24) is 9.21 Å². The molecule has 0 radical (unpaired) electrons. The summed E-state index contributed by atoms with van der Waals surface area (Å²) in [6, 6.07) is 10.7. The van der Waals surface area contributed by atoms with Crippen LogP contribution in [0.5, 0.6) is 11.5 Å². The van der Waals surface area contributed by atoms with Crippen LogP contribution >= 0.6 is 0 Å². The monoisotopic (exact) mass is 484 g/mol. The molecule has 34 heavy (non-hydrogen) atoms. The summed E-state index contributed by atoms with van der Waals surface area (Å²) in [7, 11) is -0.259. The summed E-state index contributed by atoms with van der Waals surface area (Å²) in [5, 5.41) is 0. The maximum atomic E-state index is 12.9. The van der Waals surface area contributed by atoms with Crippen molar-refractivity contribution in [2.24, 2.45) is 0 Å². The van der Waals surface area contributed by atoms with Gasteiger partial charge in [0, 0.05) is 32.3 Å². The van der Waals surface area contributed by atoms with Crippen molar-refractivity contribution >= 4 is 22.0 Å². The van der Waals surface area contributed by atoms with E-state index in [2.05, 4.69) is 0 Å². The minimum atomic E-state index is -3.47. The van der Waals surface area contributed by atoms with E-state index < -0.39 is 10.0 Å². The number of hydrogen-bond acceptors (Lipinski definition) is 5. The summed E-state index contributed by atoms with van der Waals surface area (Å²) in [6.07, 6.45) is 7.99. The lowest BCUT2D eigenvalue weighted by Crippen LogP contribution is -2.34. The first-order valence-corrected chi connectivity index (χ1v) is 13.2. The van der Waals surface area contributed by atoms with E-state index in [1.165, 1.54) is 0 Å². The summed E-state index contributed by atoms with van der Waals surface area (Å²) >= 11 is 0. The summed E-state index contributed by atoms with van der Waals surface area (Å²) in [5.41, 5.74) is 2.99. The molecule has 2 heterocycles. The van der Waals surface area contributed by atoms with E-state index in [9.17, 15) is 13.2 Å². The fourth-order valence-corrected chi connectivity index (χ4v) is 6.04. The highest BCUT2D eigenvalue weighted by Gasteiger charge is 2.25. The highest BCUT2D eigenvalue weighted by molar-refractivity contribution is 7.89. The van der Waals surface area contributed by atoms with Crippen LogP contribution in [0.2, 0.25) is 0 Å². The number of carbonyl (C=O) groups excluding carboxylic acids is 1. The van der Waals surface area contributed by atoms with E-state index in [4.69, 9.17) is 9.47 Å². The molecule has 0 bridgehead atoms. The van der Waals surface area contributed by atoms with Gasteiger partial charge in [-0.3, -0.25) is 4.79 Å². The number of methoxy groups -OCH3 is 2. The lowest BCUT2D eigenvalue weighted by molar-refractivity contribution is -0.126. The third-order valence-electron chi connectivity index (χ3n) is 6.53. The van der Waals surface area contributed by atoms with E-state index in [0.29, 0.717) is 42.6 Å². The van der Waals surface area contributed by atoms with Crippen LogP contribution in [0.1, 0.15) is 42.4 Å². The Kier molecular flexibility index (Phi) is 7.58. The number of benzene rings is 2. The smallest absolute Gasteiger partial charge is 0.246 e. The lowest BCUT2D eigenvalue weighted by atomic mass is 9.98. The molecule has 182 valence electrons. The molecule has 7 nitrogen and oxygen atoms in total. The Morgan fingerprint density at radius 1 is 0.882 bits per heavy atom. The standard InChI is InChI=1S/C26H32N2O5S/c1-32-24-17-21-13-16-27(19-22(21)18-25(24)33-2)26(29)12-9-20-7-10-23(11-8-20)34(30,31)28-14-5-3-4-6-15-28/h7-12,17-18H,3-6,13-16,19H2,1-2H3. The molecule has 1 fully saturated rings. The Hall–Kier alpha value is -2.84. The van der Waals surface area contributed by atoms with E-state index in [1.807, 2.05) is 12.1 Å². The number of amides is 1. The minimum Gasteiger partial charge on any atom is -0.493 e. The molecular formula is C26H32N2O5S. The largest absolute Gasteiger partial charge is 0.493 e. The predicted molar refractivity (Wildman–Crippen MR) is 131 cm³/mol. The second-order valence-corrected chi connectivity index (χ2v) is 10.6. The van der Waals surface area contributed by atoms with Crippen LogP contribution in [0.15, 0.2) is 47.4 Å². The van der Waals surface area contributed by atoms with Crippen LogP contribution in [-0.2, 0) is 27.8 Å². The van der Waals surface area contributed by atoms with Crippen LogP contribution in [0.4, 0.5) is 0 Å². The maximum absolute atomic E-state index is 12.9. The van der Waals surface area contributed by atoms with E-state index in [1.54, 1.807) is 59.8 Å². The number of nitrogens with zero attached hydrogens (tertiary/aromatic N) is 2. The quantitative estimate of drug-likeness (QED) is 0.582. The minimum absolute atomic E-state index is 0.0818. The van der Waals surface area contributed by atoms with Crippen LogP contribution < -0.4 is 9.47 Å². The Morgan fingerprint density at radius 2 is 1.50 bits per heavy atom. The molecule has 1 amide bonds. The third-order valence-corrected chi connectivity index (χ3v) is 8.44. The SMILES string of the molecule is COc1cc2c(cc1OC)CN(C(=O)C=Cc1ccc(S(=O)(=O)N3CCCCCC3)cc1)CC2. The van der Waals surface area contributed by atoms with E-state index in [0.717, 1.165) is 48.8 Å². The molecule has 2 aliphatic rings. The van der Waals surface area contributed by atoms with Crippen LogP contribution in [0, 0.1) is 0 Å². The second kappa shape index (κ2) is 10.6. The Bertz CT molecular complexity index is 1150. The van der Waals surface area contributed by atoms with Crippen molar-refractivity contribution in [2.75, 3.05) is 33.9 Å². The van der Waals surface area contributed by atoms with Gasteiger partial charge in [-0.1, -0.05) is 25.0 Å². The molecule has 0 atom stereocenters. The first kappa shape index (κ1) is 24.3. The van der Waals surface area contributed by atoms with Gasteiger partial charge in [-0.05, 0) is 66.3 Å². The number of fused-ring (bicyclic) bond motifs is 1. The molecule has 0 spiro atoms. The fourth-order valence-electron chi connectivity index (χ4n) is 4.53. The average molecular weight is 485 g/mol. The van der Waals surface area contributed by atoms with Crippen molar-refractivity contribution < 1.29 is 22.7 Å². The third kappa shape index (κ3) is 5.28. The zero-order valence-electron chi connectivity index (χ0n) is 19.8. The van der Waals surface area contributed by atoms with Crippen LogP contribution in [0.25, 0.3) is 6.08 Å². The molecule has 8 heteroatoms. The number of ether oxygens (including phenoxy) is 2. The van der Waals surface area contributed by atoms with Gasteiger partial charge in [-0.15, -0.1) is 0 Å². The molecule has 0 unspecified atom stereocenters. The number of rotatable bonds is 6. The topological polar surface area (TPSA) is 76.1 Å². The normalized spacial score (nSPS) is 17.3. The van der Waals surface area contributed by atoms with Gasteiger partial charge in [0.25, 0.3) is 0 Å². The van der Waals surface area contributed by atoms with Crippen molar-refractivity contribution in [3.8, 4) is 11.5 Å². The Balaban J connectivity index is 1.41. The van der Waals surface area contributed by atoms with Gasteiger partial charge in [0.1, 0.15) is 0 Å². The number of sulfonamides is 1. The molecule has 0 saturated carbocycles. The first-order chi connectivity index (χ1) is 16.4. The average Bonchev–Trinajstić information content (AvgIpc) is 3.16. The zero-order chi connectivity index (χ0) is 24.1. The van der Waals surface area contributed by atoms with E-state index in [-0.39, 0.29) is 5.91 Å². The van der Waals surface area contributed by atoms with Crippen LogP contribution in [-0.4, -0.2) is 57.4 Å². The van der Waals surface area contributed by atoms with Gasteiger partial charge in [0.05, 0.1) is 19.1 Å². The van der Waals surface area contributed by atoms with Gasteiger partial charge >= 0.3 is 0 Å². The van der Waals surface area contributed by atoms with Crippen molar-refractivity contribution in [3.05, 3.63) is 59.2 Å². The summed E-state index contributed by atoms with van der Waals surface area (Å²) in [6.45, 7) is 2.29. The Morgan fingerprint density at radius 3 is 2.12 bits per heavy atom. The van der Waals surface area contributed by atoms with Gasteiger partial charge in [-0.2, -0.15) is 4.31 Å². The molecule has 0 aromatic heterocycles. The molecule has 2 aliphatic heterocycles. The van der Waals surface area contributed by atoms with Gasteiger partial charge in [0.2, 0.25) is 15.9 Å². The molecule has 2 aromatic rings. The fraction of sp³-hybridized carbons (Fsp3) is 0.423. The molecule has 2 aromatic carbocycles. The summed E-state index contributed by atoms with van der Waals surface area (Å²) < 4.78 is 38.2. The molecule has 1 saturated heterocycles. The van der Waals surface area contributed by atoms with Gasteiger partial charge < -0.3 is 14.4 Å². The summed E-state index contributed by atoms with van der Waals surface area (Å²) in [5.74, 6) is 1.27. The number of carbonyl (C=O) groups is 1. The second-order valence-electron chi connectivity index (χ2n) is 8.71. The molecule has 0 aliphatic carbocycles. The van der Waals surface area contributed by atoms with Crippen molar-refractivity contribution in [3.63, 3.8) is 0 Å². The number of hydrogen-bond donors (Lipinski definition) is 0. The molecule has 0 N–H and O–H groups in total. The summed E-state index contributed by atoms with van der Waals surface area (Å²) in [4.78, 5) is 14.9. The lowest BCUT2D eigenvalue weighted by Gasteiger charge is -2.28. The molecular weight excluding hydrogens is 452 g/mol. The van der Waals surface area contributed by atoms with Crippen LogP contribution in [0.3, 0.4) is 0 Å². The van der Waals surface area contributed by atoms with Crippen molar-refractivity contribution in [2.45, 2.75) is 43.5 Å². The Labute approximate surface area is 202 Å². The molecule has 4 rings (SSSR count). The predicted octanol–water partition coefficient (Wildman–Crippen LogP) is 3.87. The van der Waals surface area contributed by atoms with E-state index >= 15 is 0 Å². The highest BCUT2D eigenvalue weighted by atomic mass is 32.2.